The lowest BCUT2D eigenvalue weighted by atomic mass is 10.0. The van der Waals surface area contributed by atoms with Gasteiger partial charge in [0.05, 0.1) is 5.69 Å². The van der Waals surface area contributed by atoms with Crippen molar-refractivity contribution >= 4 is 17.2 Å². The Bertz CT molecular complexity index is 1170. The Kier molecular flexibility index (Phi) is 4.32. The van der Waals surface area contributed by atoms with Crippen LogP contribution in [0.15, 0.2) is 71.0 Å². The Labute approximate surface area is 159 Å². The number of fused-ring (bicyclic) bond motifs is 1. The van der Waals surface area contributed by atoms with Gasteiger partial charge in [0, 0.05) is 11.8 Å². The summed E-state index contributed by atoms with van der Waals surface area (Å²) in [6.45, 7) is 8.33. The molecule has 0 atom stereocenters. The maximum atomic E-state index is 4.84. The van der Waals surface area contributed by atoms with Gasteiger partial charge in [0.25, 0.3) is 0 Å². The number of nitrogens with zero attached hydrogens (tertiary/aromatic N) is 4. The van der Waals surface area contributed by atoms with E-state index < -0.39 is 0 Å². The second-order valence-corrected chi connectivity index (χ2v) is 7.02. The summed E-state index contributed by atoms with van der Waals surface area (Å²) < 4.78 is 1.99. The van der Waals surface area contributed by atoms with Crippen molar-refractivity contribution in [3.05, 3.63) is 83.0 Å². The maximum absolute atomic E-state index is 4.84. The van der Waals surface area contributed by atoms with Crippen LogP contribution in [0.5, 0.6) is 0 Å². The molecule has 0 unspecified atom stereocenters. The quantitative estimate of drug-likeness (QED) is 0.380. The van der Waals surface area contributed by atoms with E-state index in [4.69, 9.17) is 4.98 Å². The lowest BCUT2D eigenvalue weighted by Crippen LogP contribution is -1.86. The van der Waals surface area contributed by atoms with Gasteiger partial charge in [0.1, 0.15) is 11.3 Å². The fraction of sp³-hybridized carbons (Fsp3) is 0.174. The smallest absolute Gasteiger partial charge is 0.187 e. The normalized spacial score (nSPS) is 11.6. The molecule has 0 fully saturated rings. The molecular weight excluding hydrogens is 332 g/mol. The number of hydrogen-bond acceptors (Lipinski definition) is 3. The Hall–Kier alpha value is -3.27. The molecule has 0 bridgehead atoms. The van der Waals surface area contributed by atoms with Gasteiger partial charge in [0.15, 0.2) is 5.82 Å². The van der Waals surface area contributed by atoms with Gasteiger partial charge in [-0.3, -0.25) is 4.40 Å². The van der Waals surface area contributed by atoms with Crippen LogP contribution in [0.4, 0.5) is 11.5 Å². The molecule has 0 aliphatic heterocycles. The summed E-state index contributed by atoms with van der Waals surface area (Å²) >= 11 is 0. The molecule has 0 radical (unpaired) electrons. The molecule has 0 N–H and O–H groups in total. The summed E-state index contributed by atoms with van der Waals surface area (Å²) in [6.07, 6.45) is 1.98. The number of aromatic nitrogens is 2. The monoisotopic (exact) mass is 354 g/mol. The van der Waals surface area contributed by atoms with Crippen molar-refractivity contribution < 1.29 is 0 Å². The highest BCUT2D eigenvalue weighted by molar-refractivity contribution is 5.77. The van der Waals surface area contributed by atoms with Gasteiger partial charge in [0.2, 0.25) is 0 Å². The van der Waals surface area contributed by atoms with Crippen LogP contribution in [0.1, 0.15) is 22.3 Å². The highest BCUT2D eigenvalue weighted by Gasteiger charge is 2.16. The average molecular weight is 354 g/mol. The lowest BCUT2D eigenvalue weighted by molar-refractivity contribution is 1.10. The van der Waals surface area contributed by atoms with E-state index in [1.807, 2.05) is 34.9 Å². The van der Waals surface area contributed by atoms with Crippen LogP contribution < -0.4 is 0 Å². The highest BCUT2D eigenvalue weighted by Crippen LogP contribution is 2.34. The topological polar surface area (TPSA) is 42.0 Å². The number of aryl methyl sites for hydroxylation is 4. The molecule has 0 aliphatic rings. The van der Waals surface area contributed by atoms with Crippen LogP contribution in [0, 0.1) is 27.7 Å². The molecule has 0 saturated carbocycles. The molecule has 4 rings (SSSR count). The zero-order valence-electron chi connectivity index (χ0n) is 16.1. The van der Waals surface area contributed by atoms with Crippen LogP contribution in [0.25, 0.3) is 16.9 Å². The van der Waals surface area contributed by atoms with E-state index in [1.165, 1.54) is 16.7 Å². The Morgan fingerprint density at radius 2 is 1.56 bits per heavy atom. The van der Waals surface area contributed by atoms with Crippen molar-refractivity contribution in [2.75, 3.05) is 0 Å². The van der Waals surface area contributed by atoms with Crippen LogP contribution in [-0.4, -0.2) is 9.38 Å². The third kappa shape index (κ3) is 3.26. The van der Waals surface area contributed by atoms with E-state index in [0.717, 1.165) is 34.0 Å². The molecule has 2 aromatic carbocycles. The van der Waals surface area contributed by atoms with Crippen LogP contribution in [-0.2, 0) is 0 Å². The van der Waals surface area contributed by atoms with Crippen molar-refractivity contribution in [3.8, 4) is 11.3 Å². The minimum absolute atomic E-state index is 0.749. The minimum Gasteiger partial charge on any atom is -0.283 e. The third-order valence-electron chi connectivity index (χ3n) is 4.76. The SMILES string of the molecule is Cc1ccc(N=Nc2c(-c3cc(C)ccc3C)nc3ccccn23)c(C)c1. The summed E-state index contributed by atoms with van der Waals surface area (Å²) in [7, 11) is 0. The third-order valence-corrected chi connectivity index (χ3v) is 4.76. The molecule has 4 heteroatoms. The first kappa shape index (κ1) is 17.2. The van der Waals surface area contributed by atoms with Crippen LogP contribution >= 0.6 is 0 Å². The summed E-state index contributed by atoms with van der Waals surface area (Å²) in [5.74, 6) is 0.749. The number of pyridine rings is 1. The first-order valence-electron chi connectivity index (χ1n) is 9.06. The Morgan fingerprint density at radius 3 is 2.37 bits per heavy atom. The van der Waals surface area contributed by atoms with E-state index in [2.05, 4.69) is 68.3 Å². The molecule has 4 aromatic rings. The van der Waals surface area contributed by atoms with Crippen LogP contribution in [0.2, 0.25) is 0 Å². The number of benzene rings is 2. The first-order valence-corrected chi connectivity index (χ1v) is 9.06. The Balaban J connectivity index is 1.91. The van der Waals surface area contributed by atoms with Gasteiger partial charge in [-0.05, 0) is 63.1 Å². The summed E-state index contributed by atoms with van der Waals surface area (Å²) in [5.41, 5.74) is 8.39. The molecule has 27 heavy (non-hydrogen) atoms. The zero-order chi connectivity index (χ0) is 19.0. The summed E-state index contributed by atoms with van der Waals surface area (Å²) in [4.78, 5) is 4.84. The van der Waals surface area contributed by atoms with E-state index in [1.54, 1.807) is 0 Å². The molecule has 2 aromatic heterocycles. The summed E-state index contributed by atoms with van der Waals surface area (Å²) in [5, 5.41) is 9.17. The van der Waals surface area contributed by atoms with Crippen LogP contribution in [0.3, 0.4) is 0 Å². The molecule has 134 valence electrons. The van der Waals surface area contributed by atoms with Crippen molar-refractivity contribution in [1.29, 1.82) is 0 Å². The van der Waals surface area contributed by atoms with Crippen molar-refractivity contribution in [2.45, 2.75) is 27.7 Å². The van der Waals surface area contributed by atoms with E-state index in [9.17, 15) is 0 Å². The maximum Gasteiger partial charge on any atom is 0.187 e. The van der Waals surface area contributed by atoms with Crippen molar-refractivity contribution in [1.82, 2.24) is 9.38 Å². The molecule has 0 saturated heterocycles. The second-order valence-electron chi connectivity index (χ2n) is 7.02. The molecule has 0 aliphatic carbocycles. The number of imidazole rings is 1. The standard InChI is InChI=1S/C23H22N4/c1-15-9-11-20(18(4)13-15)25-26-23-22(19-14-16(2)8-10-17(19)3)24-21-7-5-6-12-27(21)23/h5-14H,1-4H3. The highest BCUT2D eigenvalue weighted by atomic mass is 15.2. The number of azo groups is 1. The lowest BCUT2D eigenvalue weighted by Gasteiger charge is -2.06. The van der Waals surface area contributed by atoms with Gasteiger partial charge < -0.3 is 0 Å². The molecule has 0 amide bonds. The largest absolute Gasteiger partial charge is 0.283 e. The zero-order valence-corrected chi connectivity index (χ0v) is 16.1. The predicted molar refractivity (Wildman–Crippen MR) is 110 cm³/mol. The van der Waals surface area contributed by atoms with E-state index >= 15 is 0 Å². The minimum atomic E-state index is 0.749. The van der Waals surface area contributed by atoms with Crippen molar-refractivity contribution in [3.63, 3.8) is 0 Å². The van der Waals surface area contributed by atoms with Gasteiger partial charge in [-0.2, -0.15) is 0 Å². The summed E-state index contributed by atoms with van der Waals surface area (Å²) in [6, 6.07) is 18.5. The second kappa shape index (κ2) is 6.80. The number of hydrogen-bond donors (Lipinski definition) is 0. The molecule has 0 spiro atoms. The van der Waals surface area contributed by atoms with Crippen molar-refractivity contribution in [2.24, 2.45) is 10.2 Å². The fourth-order valence-corrected chi connectivity index (χ4v) is 3.27. The average Bonchev–Trinajstić information content (AvgIpc) is 3.01. The fourth-order valence-electron chi connectivity index (χ4n) is 3.27. The molecular formula is C23H22N4. The van der Waals surface area contributed by atoms with Gasteiger partial charge in [-0.1, -0.05) is 41.5 Å². The predicted octanol–water partition coefficient (Wildman–Crippen LogP) is 6.65. The van der Waals surface area contributed by atoms with E-state index in [0.29, 0.717) is 0 Å². The molecule has 4 nitrogen and oxygen atoms in total. The van der Waals surface area contributed by atoms with E-state index in [-0.39, 0.29) is 0 Å². The van der Waals surface area contributed by atoms with Gasteiger partial charge in [-0.15, -0.1) is 10.2 Å². The van der Waals surface area contributed by atoms with Gasteiger partial charge in [-0.25, -0.2) is 4.98 Å². The Morgan fingerprint density at radius 1 is 0.778 bits per heavy atom. The number of rotatable bonds is 3. The molecule has 2 heterocycles. The first-order chi connectivity index (χ1) is 13.0. The van der Waals surface area contributed by atoms with Gasteiger partial charge >= 0.3 is 0 Å².